The summed E-state index contributed by atoms with van der Waals surface area (Å²) >= 11 is 0. The summed E-state index contributed by atoms with van der Waals surface area (Å²) in [5.74, 6) is 1.85. The van der Waals surface area contributed by atoms with Crippen LogP contribution in [0, 0.1) is 0 Å². The van der Waals surface area contributed by atoms with Crippen LogP contribution in [-0.4, -0.2) is 43.0 Å². The number of fused-ring (bicyclic) bond motifs is 5. The first-order chi connectivity index (χ1) is 13.7. The Morgan fingerprint density at radius 3 is 2.50 bits per heavy atom. The van der Waals surface area contributed by atoms with Gasteiger partial charge in [-0.1, -0.05) is 30.3 Å². The summed E-state index contributed by atoms with van der Waals surface area (Å²) in [6.45, 7) is 1.73. The number of amides is 1. The predicted molar refractivity (Wildman–Crippen MR) is 106 cm³/mol. The van der Waals surface area contributed by atoms with Gasteiger partial charge in [-0.3, -0.25) is 9.69 Å². The van der Waals surface area contributed by atoms with E-state index in [0.717, 1.165) is 43.9 Å². The summed E-state index contributed by atoms with van der Waals surface area (Å²) in [4.78, 5) is 17.5. The minimum atomic E-state index is -0.327. The average Bonchev–Trinajstić information content (AvgIpc) is 3.10. The predicted octanol–water partition coefficient (Wildman–Crippen LogP) is 3.48. The lowest BCUT2D eigenvalue weighted by atomic mass is 9.82. The first-order valence-electron chi connectivity index (χ1n) is 10.1. The summed E-state index contributed by atoms with van der Waals surface area (Å²) in [5, 5.41) is 0. The first kappa shape index (κ1) is 17.6. The molecule has 3 aliphatic rings. The van der Waals surface area contributed by atoms with Crippen LogP contribution in [0.2, 0.25) is 0 Å². The van der Waals surface area contributed by atoms with E-state index in [0.29, 0.717) is 6.42 Å². The van der Waals surface area contributed by atoms with E-state index < -0.39 is 0 Å². The molecule has 1 amide bonds. The fourth-order valence-electron chi connectivity index (χ4n) is 5.57. The first-order valence-corrected chi connectivity index (χ1v) is 10.1. The number of carbonyl (C=O) groups excluding carboxylic acids is 1. The molecule has 28 heavy (non-hydrogen) atoms. The van der Waals surface area contributed by atoms with Gasteiger partial charge >= 0.3 is 0 Å². The maximum absolute atomic E-state index is 12.8. The van der Waals surface area contributed by atoms with Gasteiger partial charge < -0.3 is 14.4 Å². The molecule has 0 aliphatic carbocycles. The van der Waals surface area contributed by atoms with Gasteiger partial charge in [0, 0.05) is 25.6 Å². The van der Waals surface area contributed by atoms with Gasteiger partial charge in [0.25, 0.3) is 0 Å². The highest BCUT2D eigenvalue weighted by Gasteiger charge is 2.56. The van der Waals surface area contributed by atoms with Crippen molar-refractivity contribution in [1.29, 1.82) is 0 Å². The zero-order valence-electron chi connectivity index (χ0n) is 16.5. The summed E-state index contributed by atoms with van der Waals surface area (Å²) in [6, 6.07) is 15.1. The molecule has 0 saturated carbocycles. The molecule has 0 N–H and O–H groups in total. The lowest BCUT2D eigenvalue weighted by Crippen LogP contribution is -2.62. The molecule has 3 heterocycles. The van der Waals surface area contributed by atoms with Crippen molar-refractivity contribution in [2.24, 2.45) is 0 Å². The molecule has 0 unspecified atom stereocenters. The van der Waals surface area contributed by atoms with Gasteiger partial charge in [-0.15, -0.1) is 0 Å². The van der Waals surface area contributed by atoms with Gasteiger partial charge in [0.05, 0.1) is 14.2 Å². The molecule has 0 bridgehead atoms. The van der Waals surface area contributed by atoms with Crippen LogP contribution in [0.3, 0.4) is 0 Å². The minimum absolute atomic E-state index is 0.278. The van der Waals surface area contributed by atoms with Gasteiger partial charge in [-0.25, -0.2) is 0 Å². The van der Waals surface area contributed by atoms with Crippen LogP contribution >= 0.6 is 0 Å². The van der Waals surface area contributed by atoms with Crippen molar-refractivity contribution in [2.45, 2.75) is 37.4 Å². The molecule has 2 aromatic carbocycles. The van der Waals surface area contributed by atoms with E-state index in [-0.39, 0.29) is 17.6 Å². The summed E-state index contributed by atoms with van der Waals surface area (Å²) in [5.41, 5.74) is 3.55. The monoisotopic (exact) mass is 378 g/mol. The number of hydrogen-bond donors (Lipinski definition) is 0. The number of benzene rings is 2. The Bertz CT molecular complexity index is 914. The number of nitrogens with zero attached hydrogens (tertiary/aromatic N) is 2. The zero-order chi connectivity index (χ0) is 19.3. The normalized spacial score (nSPS) is 26.4. The van der Waals surface area contributed by atoms with E-state index in [1.165, 1.54) is 16.7 Å². The van der Waals surface area contributed by atoms with E-state index in [9.17, 15) is 4.79 Å². The van der Waals surface area contributed by atoms with Crippen LogP contribution in [0.1, 0.15) is 42.0 Å². The van der Waals surface area contributed by atoms with Crippen molar-refractivity contribution in [3.05, 3.63) is 59.2 Å². The maximum Gasteiger partial charge on any atom is 0.224 e. The fraction of sp³-hybridized carbons (Fsp3) is 0.435. The van der Waals surface area contributed by atoms with Crippen LogP contribution in [0.5, 0.6) is 11.5 Å². The molecule has 0 spiro atoms. The molecule has 2 atom stereocenters. The Morgan fingerprint density at radius 2 is 1.75 bits per heavy atom. The third-order valence-corrected chi connectivity index (χ3v) is 6.78. The highest BCUT2D eigenvalue weighted by molar-refractivity contribution is 5.80. The van der Waals surface area contributed by atoms with E-state index in [2.05, 4.69) is 46.2 Å². The van der Waals surface area contributed by atoms with Gasteiger partial charge in [0.1, 0.15) is 5.66 Å². The van der Waals surface area contributed by atoms with E-state index in [1.807, 2.05) is 6.07 Å². The molecule has 146 valence electrons. The molecule has 2 saturated heterocycles. The molecule has 2 fully saturated rings. The highest BCUT2D eigenvalue weighted by atomic mass is 16.5. The SMILES string of the molecule is COc1cc2c(cc1OC)[C@H]1CCN3C(=O)CC[C@@]3(c3ccccc3)N1CC2. The number of hydrogen-bond acceptors (Lipinski definition) is 4. The summed E-state index contributed by atoms with van der Waals surface area (Å²) in [7, 11) is 3.38. The zero-order valence-corrected chi connectivity index (χ0v) is 16.5. The van der Waals surface area contributed by atoms with Crippen molar-refractivity contribution < 1.29 is 14.3 Å². The second-order valence-electron chi connectivity index (χ2n) is 7.88. The summed E-state index contributed by atoms with van der Waals surface area (Å²) < 4.78 is 11.1. The van der Waals surface area contributed by atoms with Crippen LogP contribution in [-0.2, 0) is 16.9 Å². The van der Waals surface area contributed by atoms with Gasteiger partial charge in [-0.05, 0) is 48.1 Å². The van der Waals surface area contributed by atoms with Crippen LogP contribution in [0.4, 0.5) is 0 Å². The molecule has 0 aromatic heterocycles. The lowest BCUT2D eigenvalue weighted by Gasteiger charge is -2.56. The Labute approximate surface area is 165 Å². The van der Waals surface area contributed by atoms with Crippen molar-refractivity contribution in [1.82, 2.24) is 9.80 Å². The maximum atomic E-state index is 12.8. The second kappa shape index (κ2) is 6.52. The molecule has 3 aliphatic heterocycles. The van der Waals surface area contributed by atoms with Crippen molar-refractivity contribution >= 4 is 5.91 Å². The standard InChI is InChI=1S/C23H26N2O3/c1-27-20-14-16-9-12-24-19(18(16)15-21(20)28-2)10-13-25-22(26)8-11-23(24,25)17-6-4-3-5-7-17/h3-7,14-15,19H,8-13H2,1-2H3/t19-,23-/m1/s1. The van der Waals surface area contributed by atoms with Gasteiger partial charge in [-0.2, -0.15) is 0 Å². The van der Waals surface area contributed by atoms with Crippen LogP contribution < -0.4 is 9.47 Å². The molecular formula is C23H26N2O3. The second-order valence-corrected chi connectivity index (χ2v) is 7.88. The van der Waals surface area contributed by atoms with Crippen LogP contribution in [0.15, 0.2) is 42.5 Å². The van der Waals surface area contributed by atoms with E-state index >= 15 is 0 Å². The molecule has 5 rings (SSSR count). The highest BCUT2D eigenvalue weighted by Crippen LogP contribution is 2.53. The van der Waals surface area contributed by atoms with Crippen molar-refractivity contribution in [3.8, 4) is 11.5 Å². The average molecular weight is 378 g/mol. The number of methoxy groups -OCH3 is 2. The Balaban J connectivity index is 1.64. The van der Waals surface area contributed by atoms with Crippen molar-refractivity contribution in [2.75, 3.05) is 27.3 Å². The topological polar surface area (TPSA) is 42.0 Å². The Kier molecular flexibility index (Phi) is 4.09. The fourth-order valence-corrected chi connectivity index (χ4v) is 5.57. The van der Waals surface area contributed by atoms with Gasteiger partial charge in [0.2, 0.25) is 5.91 Å². The summed E-state index contributed by atoms with van der Waals surface area (Å²) in [6.07, 6.45) is 3.37. The minimum Gasteiger partial charge on any atom is -0.493 e. The van der Waals surface area contributed by atoms with Crippen molar-refractivity contribution in [3.63, 3.8) is 0 Å². The van der Waals surface area contributed by atoms with Crippen LogP contribution in [0.25, 0.3) is 0 Å². The molecular weight excluding hydrogens is 352 g/mol. The van der Waals surface area contributed by atoms with E-state index in [1.54, 1.807) is 14.2 Å². The number of ether oxygens (including phenoxy) is 2. The third kappa shape index (κ3) is 2.32. The molecule has 5 nitrogen and oxygen atoms in total. The lowest BCUT2D eigenvalue weighted by molar-refractivity contribution is -0.152. The molecule has 2 aromatic rings. The number of rotatable bonds is 3. The Hall–Kier alpha value is -2.53. The number of carbonyl (C=O) groups is 1. The molecule has 5 heteroatoms. The van der Waals surface area contributed by atoms with E-state index in [4.69, 9.17) is 9.47 Å². The largest absolute Gasteiger partial charge is 0.493 e. The van der Waals surface area contributed by atoms with Gasteiger partial charge in [0.15, 0.2) is 11.5 Å². The third-order valence-electron chi connectivity index (χ3n) is 6.78. The smallest absolute Gasteiger partial charge is 0.224 e. The Morgan fingerprint density at radius 1 is 1.00 bits per heavy atom. The molecule has 0 radical (unpaired) electrons. The quantitative estimate of drug-likeness (QED) is 0.820.